The molecule has 3 aliphatic heterocycles. The first-order valence-corrected chi connectivity index (χ1v) is 20.0. The summed E-state index contributed by atoms with van der Waals surface area (Å²) in [6, 6.07) is 7.83. The Morgan fingerprint density at radius 3 is 2.40 bits per heavy atom. The van der Waals surface area contributed by atoms with Crippen LogP contribution in [0, 0.1) is 6.92 Å². The lowest BCUT2D eigenvalue weighted by Crippen LogP contribution is -2.54. The van der Waals surface area contributed by atoms with Gasteiger partial charge in [0, 0.05) is 74.6 Å². The molecule has 1 aromatic carbocycles. The number of carbonyl (C=O) groups excluding carboxylic acids is 6. The Balaban J connectivity index is 0.835. The van der Waals surface area contributed by atoms with Gasteiger partial charge in [-0.25, -0.2) is 9.97 Å². The number of rotatable bonds is 11. The van der Waals surface area contributed by atoms with Crippen LogP contribution in [0.3, 0.4) is 0 Å². The van der Waals surface area contributed by atoms with Gasteiger partial charge in [0.05, 0.1) is 35.0 Å². The molecular formula is C42H45N9O7. The molecule has 4 aliphatic rings. The average Bonchev–Trinajstić information content (AvgIpc) is 3.83. The van der Waals surface area contributed by atoms with E-state index in [1.54, 1.807) is 35.9 Å². The third kappa shape index (κ3) is 7.22. The molecule has 5 amide bonds. The van der Waals surface area contributed by atoms with Gasteiger partial charge in [0.1, 0.15) is 17.5 Å². The zero-order valence-electron chi connectivity index (χ0n) is 32.6. The number of fused-ring (bicyclic) bond motifs is 2. The molecule has 1 saturated carbocycles. The summed E-state index contributed by atoms with van der Waals surface area (Å²) in [4.78, 5) is 109. The number of imide groups is 2. The highest BCUT2D eigenvalue weighted by Crippen LogP contribution is 2.33. The SMILES string of the molecule is CC(=O)c1c(C)c2cnc(Cc3ccc(N4CCN(C(=O)CCCNc5cccc6c5C(=O)N(C5CCC(=O)NC5=O)C6=O)CC4)cn3)nc2n(C2CCCC2)c1=O. The molecule has 6 heterocycles. The maximum absolute atomic E-state index is 13.6. The van der Waals surface area contributed by atoms with Gasteiger partial charge in [-0.05, 0) is 69.4 Å². The summed E-state index contributed by atoms with van der Waals surface area (Å²) in [5.74, 6) is -1.91. The number of piperazine rings is 1. The summed E-state index contributed by atoms with van der Waals surface area (Å²) in [7, 11) is 0. The van der Waals surface area contributed by atoms with Crippen molar-refractivity contribution in [2.24, 2.45) is 0 Å². The molecule has 0 spiro atoms. The highest BCUT2D eigenvalue weighted by molar-refractivity contribution is 6.25. The van der Waals surface area contributed by atoms with E-state index >= 15 is 0 Å². The standard InChI is InChI=1S/C42H45N9O7/c1-24-30-23-45-33(46-38(30)50(27-7-3-4-8-27)41(57)36(24)25(2)52)21-26-12-13-28(22-44-26)48-17-19-49(20-18-48)35(54)11-6-16-43-31-10-5-9-29-37(31)42(58)51(40(29)56)32-14-15-34(53)47-39(32)55/h5,9-10,12-13,22-23,27,32,43H,3-4,6-8,11,14-21H2,1-2H3,(H,47,53,55). The molecule has 1 unspecified atom stereocenters. The van der Waals surface area contributed by atoms with E-state index in [1.807, 2.05) is 23.2 Å². The number of benzene rings is 1. The number of nitrogens with one attached hydrogen (secondary N) is 2. The van der Waals surface area contributed by atoms with E-state index in [0.29, 0.717) is 80.1 Å². The zero-order valence-corrected chi connectivity index (χ0v) is 32.6. The minimum Gasteiger partial charge on any atom is -0.384 e. The molecule has 300 valence electrons. The van der Waals surface area contributed by atoms with E-state index in [2.05, 4.69) is 20.5 Å². The number of nitrogens with zero attached hydrogens (tertiary/aromatic N) is 7. The largest absolute Gasteiger partial charge is 0.384 e. The summed E-state index contributed by atoms with van der Waals surface area (Å²) >= 11 is 0. The first kappa shape index (κ1) is 38.5. The second-order valence-corrected chi connectivity index (χ2v) is 15.5. The number of Topliss-reactive ketones (excluding diaryl/α,β-unsaturated/α-hetero) is 1. The molecule has 4 aromatic rings. The monoisotopic (exact) mass is 787 g/mol. The molecule has 0 bridgehead atoms. The van der Waals surface area contributed by atoms with Crippen molar-refractivity contribution in [3.8, 4) is 0 Å². The third-order valence-electron chi connectivity index (χ3n) is 11.8. The summed E-state index contributed by atoms with van der Waals surface area (Å²) in [6.07, 6.45) is 8.67. The first-order valence-electron chi connectivity index (χ1n) is 20.0. The van der Waals surface area contributed by atoms with E-state index in [4.69, 9.17) is 9.97 Å². The van der Waals surface area contributed by atoms with Crippen LogP contribution in [-0.4, -0.2) is 103 Å². The van der Waals surface area contributed by atoms with Gasteiger partial charge in [0.25, 0.3) is 17.4 Å². The van der Waals surface area contributed by atoms with Crippen LogP contribution in [0.5, 0.6) is 0 Å². The topological polar surface area (TPSA) is 197 Å². The van der Waals surface area contributed by atoms with Gasteiger partial charge in [-0.3, -0.25) is 53.3 Å². The van der Waals surface area contributed by atoms with Gasteiger partial charge >= 0.3 is 0 Å². The summed E-state index contributed by atoms with van der Waals surface area (Å²) < 4.78 is 1.72. The number of amides is 5. The minimum absolute atomic E-state index is 0.00694. The summed E-state index contributed by atoms with van der Waals surface area (Å²) in [6.45, 7) is 6.03. The molecule has 2 saturated heterocycles. The second kappa shape index (κ2) is 15.9. The molecule has 16 heteroatoms. The van der Waals surface area contributed by atoms with Crippen molar-refractivity contribution in [1.29, 1.82) is 0 Å². The maximum atomic E-state index is 13.6. The number of hydrogen-bond acceptors (Lipinski definition) is 12. The average molecular weight is 788 g/mol. The molecule has 1 atom stereocenters. The van der Waals surface area contributed by atoms with E-state index in [0.717, 1.165) is 42.0 Å². The lowest BCUT2D eigenvalue weighted by atomic mass is 10.0. The molecule has 16 nitrogen and oxygen atoms in total. The van der Waals surface area contributed by atoms with Gasteiger partial charge < -0.3 is 15.1 Å². The fourth-order valence-electron chi connectivity index (χ4n) is 8.74. The van der Waals surface area contributed by atoms with E-state index in [9.17, 15) is 33.6 Å². The van der Waals surface area contributed by atoms with Crippen molar-refractivity contribution in [3.63, 3.8) is 0 Å². The molecule has 1 aliphatic carbocycles. The second-order valence-electron chi connectivity index (χ2n) is 15.5. The van der Waals surface area contributed by atoms with Crippen molar-refractivity contribution < 1.29 is 28.8 Å². The normalized spacial score (nSPS) is 18.6. The van der Waals surface area contributed by atoms with Gasteiger partial charge in [-0.15, -0.1) is 0 Å². The zero-order chi connectivity index (χ0) is 40.7. The predicted molar refractivity (Wildman–Crippen MR) is 213 cm³/mol. The molecule has 0 radical (unpaired) electrons. The van der Waals surface area contributed by atoms with Crippen LogP contribution < -0.4 is 21.1 Å². The Morgan fingerprint density at radius 2 is 1.69 bits per heavy atom. The van der Waals surface area contributed by atoms with Crippen molar-refractivity contribution in [2.45, 2.75) is 83.7 Å². The molecule has 8 rings (SSSR count). The van der Waals surface area contributed by atoms with Crippen LogP contribution in [0.25, 0.3) is 11.0 Å². The Morgan fingerprint density at radius 1 is 0.914 bits per heavy atom. The van der Waals surface area contributed by atoms with Crippen molar-refractivity contribution in [2.75, 3.05) is 42.9 Å². The summed E-state index contributed by atoms with van der Waals surface area (Å²) in [5, 5.41) is 6.12. The number of aryl methyl sites for hydroxylation is 1. The van der Waals surface area contributed by atoms with Gasteiger partial charge in [-0.1, -0.05) is 18.9 Å². The first-order chi connectivity index (χ1) is 28.0. The van der Waals surface area contributed by atoms with Gasteiger partial charge in [0.15, 0.2) is 5.78 Å². The van der Waals surface area contributed by atoms with Crippen LogP contribution >= 0.6 is 0 Å². The minimum atomic E-state index is -1.04. The number of aromatic nitrogens is 4. The van der Waals surface area contributed by atoms with E-state index < -0.39 is 29.7 Å². The highest BCUT2D eigenvalue weighted by Gasteiger charge is 2.45. The van der Waals surface area contributed by atoms with Gasteiger partial charge in [0.2, 0.25) is 17.7 Å². The van der Waals surface area contributed by atoms with E-state index in [-0.39, 0.29) is 52.8 Å². The smallest absolute Gasteiger partial charge is 0.264 e. The van der Waals surface area contributed by atoms with Crippen LogP contribution in [0.15, 0.2) is 47.5 Å². The predicted octanol–water partition coefficient (Wildman–Crippen LogP) is 3.35. The van der Waals surface area contributed by atoms with Crippen molar-refractivity contribution in [3.05, 3.63) is 86.9 Å². The number of pyridine rings is 2. The van der Waals surface area contributed by atoms with Crippen LogP contribution in [0.4, 0.5) is 11.4 Å². The Labute approximate surface area is 334 Å². The molecule has 3 fully saturated rings. The highest BCUT2D eigenvalue weighted by atomic mass is 16.2. The van der Waals surface area contributed by atoms with Crippen molar-refractivity contribution >= 4 is 57.7 Å². The quantitative estimate of drug-likeness (QED) is 0.128. The Bertz CT molecular complexity index is 2410. The van der Waals surface area contributed by atoms with Crippen LogP contribution in [0.1, 0.15) is 112 Å². The fourth-order valence-corrected chi connectivity index (χ4v) is 8.74. The number of hydrogen-bond donors (Lipinski definition) is 2. The van der Waals surface area contributed by atoms with Crippen LogP contribution in [0.2, 0.25) is 0 Å². The third-order valence-corrected chi connectivity index (χ3v) is 11.8. The number of ketones is 1. The van der Waals surface area contributed by atoms with Gasteiger partial charge in [-0.2, -0.15) is 0 Å². The van der Waals surface area contributed by atoms with E-state index in [1.165, 1.54) is 6.92 Å². The molecule has 2 N–H and O–H groups in total. The van der Waals surface area contributed by atoms with Crippen molar-refractivity contribution in [1.82, 2.24) is 34.6 Å². The van der Waals surface area contributed by atoms with Crippen LogP contribution in [-0.2, 0) is 20.8 Å². The number of piperidine rings is 1. The molecule has 58 heavy (non-hydrogen) atoms. The lowest BCUT2D eigenvalue weighted by molar-refractivity contribution is -0.136. The fraction of sp³-hybridized carbons (Fsp3) is 0.429. The Kier molecular flexibility index (Phi) is 10.6. The lowest BCUT2D eigenvalue weighted by Gasteiger charge is -2.36. The maximum Gasteiger partial charge on any atom is 0.264 e. The number of carbonyl (C=O) groups is 6. The summed E-state index contributed by atoms with van der Waals surface area (Å²) in [5.41, 5.74) is 3.69. The molecule has 3 aromatic heterocycles. The Hall–Kier alpha value is -6.32. The molecular weight excluding hydrogens is 743 g/mol. The number of anilines is 2.